The van der Waals surface area contributed by atoms with Crippen LogP contribution in [0.3, 0.4) is 0 Å². The monoisotopic (exact) mass is 337 g/mol. The highest BCUT2D eigenvalue weighted by molar-refractivity contribution is 8.01. The fourth-order valence-corrected chi connectivity index (χ4v) is 4.96. The molecule has 0 aliphatic carbocycles. The van der Waals surface area contributed by atoms with Crippen LogP contribution in [0, 0.1) is 0 Å². The van der Waals surface area contributed by atoms with E-state index in [0.29, 0.717) is 16.8 Å². The molecular formula is C15H16ClN3O2S. The number of hydrogen-bond acceptors (Lipinski definition) is 4. The molecule has 2 aliphatic heterocycles. The van der Waals surface area contributed by atoms with Crippen molar-refractivity contribution in [2.24, 2.45) is 0 Å². The van der Waals surface area contributed by atoms with Crippen LogP contribution in [0.5, 0.6) is 0 Å². The van der Waals surface area contributed by atoms with Gasteiger partial charge in [0.2, 0.25) is 0 Å². The maximum absolute atomic E-state index is 12.5. The van der Waals surface area contributed by atoms with Crippen LogP contribution in [0.4, 0.5) is 0 Å². The Bertz CT molecular complexity index is 741. The summed E-state index contributed by atoms with van der Waals surface area (Å²) in [6.45, 7) is 1.57. The summed E-state index contributed by atoms with van der Waals surface area (Å²) in [7, 11) is 1.76. The molecule has 116 valence electrons. The van der Waals surface area contributed by atoms with E-state index in [1.807, 2.05) is 22.7 Å². The van der Waals surface area contributed by atoms with E-state index >= 15 is 0 Å². The van der Waals surface area contributed by atoms with Crippen LogP contribution in [-0.2, 0) is 4.74 Å². The number of imidazole rings is 1. The van der Waals surface area contributed by atoms with Crippen molar-refractivity contribution >= 4 is 34.9 Å². The minimum atomic E-state index is -0.00749. The normalized spacial score (nSPS) is 23.2. The van der Waals surface area contributed by atoms with E-state index < -0.39 is 0 Å². The average Bonchev–Trinajstić information content (AvgIpc) is 3.08. The van der Waals surface area contributed by atoms with Crippen LogP contribution in [0.15, 0.2) is 24.5 Å². The first-order valence-electron chi connectivity index (χ1n) is 7.19. The summed E-state index contributed by atoms with van der Waals surface area (Å²) in [5.74, 6) is 1.01. The van der Waals surface area contributed by atoms with E-state index in [-0.39, 0.29) is 10.7 Å². The largest absolute Gasteiger partial charge is 0.381 e. The molecule has 2 fully saturated rings. The SMILES string of the molecule is COC1CSC2(C1)CN(C(=O)c1cn3cc(Cl)ccc3n1)C2. The molecule has 2 aliphatic rings. The second-order valence-electron chi connectivity index (χ2n) is 5.96. The molecule has 0 aromatic carbocycles. The van der Waals surface area contributed by atoms with Gasteiger partial charge in [0.1, 0.15) is 11.3 Å². The maximum atomic E-state index is 12.5. The van der Waals surface area contributed by atoms with Crippen LogP contribution in [0.2, 0.25) is 5.02 Å². The van der Waals surface area contributed by atoms with E-state index in [1.165, 1.54) is 0 Å². The first-order valence-corrected chi connectivity index (χ1v) is 8.55. The first-order chi connectivity index (χ1) is 10.6. The van der Waals surface area contributed by atoms with E-state index in [0.717, 1.165) is 30.9 Å². The molecule has 1 unspecified atom stereocenters. The Labute approximate surface area is 137 Å². The van der Waals surface area contributed by atoms with Crippen molar-refractivity contribution in [2.75, 3.05) is 26.0 Å². The number of carbonyl (C=O) groups excluding carboxylic acids is 1. The highest BCUT2D eigenvalue weighted by Crippen LogP contribution is 2.46. The molecule has 4 rings (SSSR count). The molecule has 0 radical (unpaired) electrons. The Morgan fingerprint density at radius 2 is 2.27 bits per heavy atom. The Balaban J connectivity index is 1.48. The van der Waals surface area contributed by atoms with Crippen molar-refractivity contribution in [3.8, 4) is 0 Å². The van der Waals surface area contributed by atoms with Gasteiger partial charge in [0, 0.05) is 38.3 Å². The topological polar surface area (TPSA) is 46.8 Å². The number of thioether (sulfide) groups is 1. The fraction of sp³-hybridized carbons (Fsp3) is 0.467. The van der Waals surface area contributed by atoms with Gasteiger partial charge in [0.05, 0.1) is 15.9 Å². The zero-order valence-electron chi connectivity index (χ0n) is 12.2. The smallest absolute Gasteiger partial charge is 0.274 e. The second-order valence-corrected chi connectivity index (χ2v) is 7.88. The van der Waals surface area contributed by atoms with E-state index in [9.17, 15) is 4.79 Å². The van der Waals surface area contributed by atoms with Crippen molar-refractivity contribution in [1.82, 2.24) is 14.3 Å². The number of fused-ring (bicyclic) bond motifs is 1. The Morgan fingerprint density at radius 1 is 1.45 bits per heavy atom. The van der Waals surface area contributed by atoms with Crippen LogP contribution in [-0.4, -0.2) is 57.0 Å². The lowest BCUT2D eigenvalue weighted by Gasteiger charge is -2.47. The zero-order valence-corrected chi connectivity index (χ0v) is 13.7. The van der Waals surface area contributed by atoms with Crippen molar-refractivity contribution < 1.29 is 9.53 Å². The van der Waals surface area contributed by atoms with Gasteiger partial charge >= 0.3 is 0 Å². The molecule has 1 spiro atoms. The molecule has 1 amide bonds. The molecule has 0 N–H and O–H groups in total. The predicted molar refractivity (Wildman–Crippen MR) is 86.7 cm³/mol. The summed E-state index contributed by atoms with van der Waals surface area (Å²) in [4.78, 5) is 18.8. The standard InChI is InChI=1S/C15H16ClN3O2S/c1-21-11-4-15(22-7-11)8-19(9-15)14(20)12-6-18-5-10(16)2-3-13(18)17-12/h2-3,5-6,11H,4,7-9H2,1H3. The summed E-state index contributed by atoms with van der Waals surface area (Å²) < 4.78 is 7.40. The van der Waals surface area contributed by atoms with Gasteiger partial charge in [-0.2, -0.15) is 0 Å². The van der Waals surface area contributed by atoms with Crippen LogP contribution < -0.4 is 0 Å². The first kappa shape index (κ1) is 14.4. The summed E-state index contributed by atoms with van der Waals surface area (Å²) in [6, 6.07) is 3.59. The Hall–Kier alpha value is -1.24. The number of carbonyl (C=O) groups is 1. The van der Waals surface area contributed by atoms with Gasteiger partial charge in [-0.25, -0.2) is 4.98 Å². The zero-order chi connectivity index (χ0) is 15.3. The molecule has 2 saturated heterocycles. The van der Waals surface area contributed by atoms with Crippen LogP contribution >= 0.6 is 23.4 Å². The number of rotatable bonds is 2. The van der Waals surface area contributed by atoms with Crippen molar-refractivity contribution in [1.29, 1.82) is 0 Å². The lowest BCUT2D eigenvalue weighted by molar-refractivity contribution is 0.0447. The molecule has 0 bridgehead atoms. The number of aromatic nitrogens is 2. The number of nitrogens with zero attached hydrogens (tertiary/aromatic N) is 3. The molecule has 22 heavy (non-hydrogen) atoms. The Kier molecular flexibility index (Phi) is 3.36. The molecular weight excluding hydrogens is 322 g/mol. The van der Waals surface area contributed by atoms with Gasteiger partial charge in [0.15, 0.2) is 0 Å². The number of methoxy groups -OCH3 is 1. The van der Waals surface area contributed by atoms with Crippen LogP contribution in [0.1, 0.15) is 16.9 Å². The van der Waals surface area contributed by atoms with Gasteiger partial charge in [-0.15, -0.1) is 11.8 Å². The number of hydrogen-bond donors (Lipinski definition) is 0. The highest BCUT2D eigenvalue weighted by Gasteiger charge is 2.51. The number of likely N-dealkylation sites (tertiary alicyclic amines) is 1. The van der Waals surface area contributed by atoms with Gasteiger partial charge < -0.3 is 14.0 Å². The average molecular weight is 338 g/mol. The third kappa shape index (κ3) is 2.30. The van der Waals surface area contributed by atoms with E-state index in [2.05, 4.69) is 4.98 Å². The minimum Gasteiger partial charge on any atom is -0.381 e. The maximum Gasteiger partial charge on any atom is 0.274 e. The minimum absolute atomic E-state index is 0.00749. The number of halogens is 1. The quantitative estimate of drug-likeness (QED) is 0.844. The second kappa shape index (κ2) is 5.15. The highest BCUT2D eigenvalue weighted by atomic mass is 35.5. The lowest BCUT2D eigenvalue weighted by Crippen LogP contribution is -2.60. The summed E-state index contributed by atoms with van der Waals surface area (Å²) in [6.07, 6.45) is 4.85. The van der Waals surface area contributed by atoms with E-state index in [4.69, 9.17) is 16.3 Å². The fourth-order valence-electron chi connectivity index (χ4n) is 3.20. The van der Waals surface area contributed by atoms with E-state index in [1.54, 1.807) is 30.0 Å². The van der Waals surface area contributed by atoms with Gasteiger partial charge in [-0.1, -0.05) is 11.6 Å². The van der Waals surface area contributed by atoms with Gasteiger partial charge in [0.25, 0.3) is 5.91 Å². The molecule has 5 nitrogen and oxygen atoms in total. The van der Waals surface area contributed by atoms with Gasteiger partial charge in [-0.05, 0) is 18.6 Å². The lowest BCUT2D eigenvalue weighted by atomic mass is 9.92. The summed E-state index contributed by atoms with van der Waals surface area (Å²) in [5, 5.41) is 0.625. The predicted octanol–water partition coefficient (Wildman–Crippen LogP) is 2.33. The van der Waals surface area contributed by atoms with Crippen molar-refractivity contribution in [2.45, 2.75) is 17.3 Å². The third-order valence-electron chi connectivity index (χ3n) is 4.39. The number of ether oxygens (including phenoxy) is 1. The molecule has 1 atom stereocenters. The summed E-state index contributed by atoms with van der Waals surface area (Å²) >= 11 is 7.88. The molecule has 2 aromatic rings. The molecule has 4 heterocycles. The van der Waals surface area contributed by atoms with Crippen LogP contribution in [0.25, 0.3) is 5.65 Å². The molecule has 2 aromatic heterocycles. The van der Waals surface area contributed by atoms with Crippen molar-refractivity contribution in [3.05, 3.63) is 35.2 Å². The number of pyridine rings is 1. The van der Waals surface area contributed by atoms with Crippen molar-refractivity contribution in [3.63, 3.8) is 0 Å². The third-order valence-corrected chi connectivity index (χ3v) is 6.19. The molecule has 7 heteroatoms. The number of amides is 1. The van der Waals surface area contributed by atoms with Gasteiger partial charge in [-0.3, -0.25) is 4.79 Å². The Morgan fingerprint density at radius 3 is 3.00 bits per heavy atom. The molecule has 0 saturated carbocycles. The summed E-state index contributed by atoms with van der Waals surface area (Å²) in [5.41, 5.74) is 1.21.